The fraction of sp³-hybridized carbons (Fsp3) is 0.444. The highest BCUT2D eigenvalue weighted by molar-refractivity contribution is 7.75. The first-order valence-electron chi connectivity index (χ1n) is 4.38. The van der Waals surface area contributed by atoms with Crippen molar-refractivity contribution in [2.45, 2.75) is 25.3 Å². The van der Waals surface area contributed by atoms with E-state index in [1.54, 1.807) is 6.08 Å². The van der Waals surface area contributed by atoms with Crippen LogP contribution < -0.4 is 5.73 Å². The van der Waals surface area contributed by atoms with Crippen molar-refractivity contribution in [3.63, 3.8) is 0 Å². The number of hydrogen-bond acceptors (Lipinski definition) is 3. The molecule has 0 bridgehead atoms. The molecule has 0 aliphatic heterocycles. The molecule has 0 atom stereocenters. The minimum atomic E-state index is -1.13. The molecule has 3 nitrogen and oxygen atoms in total. The van der Waals surface area contributed by atoms with Gasteiger partial charge < -0.3 is 5.73 Å². The number of nitrogens with zero attached hydrogens (tertiary/aromatic N) is 1. The monoisotopic (exact) mass is 196 g/mol. The summed E-state index contributed by atoms with van der Waals surface area (Å²) in [4.78, 5) is 0.862. The lowest BCUT2D eigenvalue weighted by Crippen LogP contribution is -2.03. The van der Waals surface area contributed by atoms with Crippen LogP contribution in [0.15, 0.2) is 28.3 Å². The highest BCUT2D eigenvalue weighted by atomic mass is 32.2. The van der Waals surface area contributed by atoms with Gasteiger partial charge in [-0.25, -0.2) is 8.57 Å². The summed E-state index contributed by atoms with van der Waals surface area (Å²) in [5, 5.41) is 0. The molecule has 0 amide bonds. The fourth-order valence-corrected chi connectivity index (χ4v) is 2.08. The third-order valence-electron chi connectivity index (χ3n) is 2.02. The third kappa shape index (κ3) is 2.21. The van der Waals surface area contributed by atoms with E-state index in [1.807, 2.05) is 12.2 Å². The van der Waals surface area contributed by atoms with E-state index in [0.717, 1.165) is 23.4 Å². The summed E-state index contributed by atoms with van der Waals surface area (Å²) in [5.41, 5.74) is 6.28. The maximum Gasteiger partial charge on any atom is 0.100 e. The van der Waals surface area contributed by atoms with Crippen LogP contribution in [-0.4, -0.2) is 15.1 Å². The molecule has 1 fully saturated rings. The van der Waals surface area contributed by atoms with Gasteiger partial charge in [-0.1, -0.05) is 6.08 Å². The van der Waals surface area contributed by atoms with Gasteiger partial charge in [-0.2, -0.15) is 0 Å². The van der Waals surface area contributed by atoms with E-state index in [1.165, 1.54) is 0 Å². The smallest absolute Gasteiger partial charge is 0.100 e. The van der Waals surface area contributed by atoms with E-state index in [0.29, 0.717) is 12.5 Å². The first-order chi connectivity index (χ1) is 6.25. The van der Waals surface area contributed by atoms with Crippen LogP contribution in [0.4, 0.5) is 0 Å². The second-order valence-corrected chi connectivity index (χ2v) is 4.53. The molecule has 0 spiro atoms. The first kappa shape index (κ1) is 8.56. The SMILES string of the molecule is NC1=CCC(=S(=O)=NC2CC2)C=C1. The Morgan fingerprint density at radius 3 is 2.77 bits per heavy atom. The van der Waals surface area contributed by atoms with Gasteiger partial charge in [0.25, 0.3) is 0 Å². The molecule has 0 unspecified atom stereocenters. The van der Waals surface area contributed by atoms with Gasteiger partial charge in [0.2, 0.25) is 0 Å². The topological polar surface area (TPSA) is 55.5 Å². The van der Waals surface area contributed by atoms with Gasteiger partial charge in [-0.15, -0.1) is 0 Å². The van der Waals surface area contributed by atoms with E-state index >= 15 is 0 Å². The van der Waals surface area contributed by atoms with E-state index < -0.39 is 10.2 Å². The molecule has 2 N–H and O–H groups in total. The molecule has 70 valence electrons. The van der Waals surface area contributed by atoms with Gasteiger partial charge in [-0.05, 0) is 25.0 Å². The standard InChI is InChI=1S/C9H12N2OS/c10-7-1-5-9(6-2-7)13(12)11-8-3-4-8/h1-2,5,8H,3-4,6,10H2. The van der Waals surface area contributed by atoms with Crippen LogP contribution in [0, 0.1) is 0 Å². The van der Waals surface area contributed by atoms with Crippen LogP contribution >= 0.6 is 0 Å². The molecule has 2 rings (SSSR count). The van der Waals surface area contributed by atoms with Crippen molar-refractivity contribution in [3.05, 3.63) is 23.9 Å². The molecule has 0 aromatic carbocycles. The summed E-state index contributed by atoms with van der Waals surface area (Å²) >= 11 is 0. The molecule has 0 saturated heterocycles. The Hall–Kier alpha value is -1.03. The van der Waals surface area contributed by atoms with Crippen molar-refractivity contribution in [1.82, 2.24) is 0 Å². The Labute approximate surface area is 79.1 Å². The van der Waals surface area contributed by atoms with Crippen LogP contribution in [0.3, 0.4) is 0 Å². The number of rotatable bonds is 1. The minimum absolute atomic E-state index is 0.352. The zero-order valence-electron chi connectivity index (χ0n) is 7.27. The average molecular weight is 196 g/mol. The maximum atomic E-state index is 11.5. The van der Waals surface area contributed by atoms with Crippen molar-refractivity contribution in [1.29, 1.82) is 0 Å². The summed E-state index contributed by atoms with van der Waals surface area (Å²) in [6.45, 7) is 0. The highest BCUT2D eigenvalue weighted by Crippen LogP contribution is 2.23. The van der Waals surface area contributed by atoms with E-state index in [4.69, 9.17) is 5.73 Å². The van der Waals surface area contributed by atoms with Crippen LogP contribution in [0.1, 0.15) is 19.3 Å². The third-order valence-corrected chi connectivity index (χ3v) is 3.26. The van der Waals surface area contributed by atoms with Gasteiger partial charge in [-0.3, -0.25) is 0 Å². The van der Waals surface area contributed by atoms with Gasteiger partial charge in [0.1, 0.15) is 10.2 Å². The van der Waals surface area contributed by atoms with Gasteiger partial charge in [0.05, 0.1) is 10.9 Å². The van der Waals surface area contributed by atoms with Crippen molar-refractivity contribution in [3.8, 4) is 0 Å². The summed E-state index contributed by atoms with van der Waals surface area (Å²) in [7, 11) is -1.13. The predicted molar refractivity (Wildman–Crippen MR) is 54.6 cm³/mol. The number of nitrogens with two attached hydrogens (primary N) is 1. The molecule has 2 aliphatic carbocycles. The van der Waals surface area contributed by atoms with Gasteiger partial charge in [0, 0.05) is 12.1 Å². The quantitative estimate of drug-likeness (QED) is 0.637. The minimum Gasteiger partial charge on any atom is -0.399 e. The highest BCUT2D eigenvalue weighted by Gasteiger charge is 2.20. The zero-order valence-corrected chi connectivity index (χ0v) is 8.09. The van der Waals surface area contributed by atoms with Crippen LogP contribution in [0.2, 0.25) is 0 Å². The molecule has 4 heteroatoms. The van der Waals surface area contributed by atoms with Crippen molar-refractivity contribution in [2.24, 2.45) is 10.1 Å². The van der Waals surface area contributed by atoms with Crippen LogP contribution in [-0.2, 0) is 10.2 Å². The largest absolute Gasteiger partial charge is 0.399 e. The van der Waals surface area contributed by atoms with Crippen molar-refractivity contribution < 1.29 is 4.21 Å². The second kappa shape index (κ2) is 3.38. The lowest BCUT2D eigenvalue weighted by Gasteiger charge is -2.00. The van der Waals surface area contributed by atoms with E-state index in [-0.39, 0.29) is 0 Å². The molecule has 0 heterocycles. The normalized spacial score (nSPS) is 21.2. The van der Waals surface area contributed by atoms with Crippen molar-refractivity contribution >= 4 is 15.0 Å². The van der Waals surface area contributed by atoms with Crippen molar-refractivity contribution in [2.75, 3.05) is 0 Å². The summed E-state index contributed by atoms with van der Waals surface area (Å²) in [6, 6.07) is 0.352. The molecular weight excluding hydrogens is 184 g/mol. The van der Waals surface area contributed by atoms with Gasteiger partial charge >= 0.3 is 0 Å². The Morgan fingerprint density at radius 1 is 1.46 bits per heavy atom. The average Bonchev–Trinajstić information content (AvgIpc) is 2.89. The molecular formula is C9H12N2OS. The van der Waals surface area contributed by atoms with Gasteiger partial charge in [0.15, 0.2) is 0 Å². The molecule has 2 aliphatic rings. The lowest BCUT2D eigenvalue weighted by molar-refractivity contribution is 0.694. The lowest BCUT2D eigenvalue weighted by atomic mass is 10.1. The fourth-order valence-electron chi connectivity index (χ4n) is 1.06. The summed E-state index contributed by atoms with van der Waals surface area (Å²) < 4.78 is 15.7. The van der Waals surface area contributed by atoms with E-state index in [2.05, 4.69) is 4.36 Å². The summed E-state index contributed by atoms with van der Waals surface area (Å²) in [6.07, 6.45) is 8.33. The molecule has 0 aromatic heterocycles. The molecule has 0 aromatic rings. The number of allylic oxidation sites excluding steroid dienone is 3. The summed E-state index contributed by atoms with van der Waals surface area (Å²) in [5.74, 6) is 0. The predicted octanol–water partition coefficient (Wildman–Crippen LogP) is 1.06. The Kier molecular flexibility index (Phi) is 2.22. The molecule has 1 saturated carbocycles. The Morgan fingerprint density at radius 2 is 2.23 bits per heavy atom. The Balaban J connectivity index is 2.26. The first-order valence-corrected chi connectivity index (χ1v) is 5.48. The zero-order chi connectivity index (χ0) is 9.26. The second-order valence-electron chi connectivity index (χ2n) is 3.29. The molecule has 13 heavy (non-hydrogen) atoms. The van der Waals surface area contributed by atoms with E-state index in [9.17, 15) is 4.21 Å². The number of hydrogen-bond donors (Lipinski definition) is 1. The van der Waals surface area contributed by atoms with Crippen LogP contribution in [0.25, 0.3) is 0 Å². The Bertz CT molecular complexity index is 413. The van der Waals surface area contributed by atoms with Crippen LogP contribution in [0.5, 0.6) is 0 Å². The maximum absolute atomic E-state index is 11.5. The molecule has 0 radical (unpaired) electrons.